The van der Waals surface area contributed by atoms with Gasteiger partial charge in [-0.05, 0) is 11.5 Å². The third-order valence-corrected chi connectivity index (χ3v) is 3.93. The van der Waals surface area contributed by atoms with E-state index in [0.29, 0.717) is 5.92 Å². The number of rotatable bonds is 4. The molecule has 16 heavy (non-hydrogen) atoms. The van der Waals surface area contributed by atoms with E-state index >= 15 is 0 Å². The molecule has 2 rings (SSSR count). The summed E-state index contributed by atoms with van der Waals surface area (Å²) in [5, 5.41) is 1.09. The summed E-state index contributed by atoms with van der Waals surface area (Å²) in [5.41, 5.74) is 1.39. The van der Waals surface area contributed by atoms with Crippen LogP contribution in [0.2, 0.25) is 0 Å². The number of aromatic nitrogens is 2. The van der Waals surface area contributed by atoms with Gasteiger partial charge in [0.25, 0.3) is 0 Å². The largest absolute Gasteiger partial charge is 0.329 e. The van der Waals surface area contributed by atoms with Gasteiger partial charge in [0, 0.05) is 25.2 Å². The number of hydrogen-bond donors (Lipinski definition) is 0. The second-order valence-corrected chi connectivity index (χ2v) is 4.93. The van der Waals surface area contributed by atoms with Gasteiger partial charge in [-0.2, -0.15) is 0 Å². The van der Waals surface area contributed by atoms with Crippen molar-refractivity contribution in [3.8, 4) is 0 Å². The van der Waals surface area contributed by atoms with Crippen LogP contribution >= 0.6 is 11.8 Å². The summed E-state index contributed by atoms with van der Waals surface area (Å²) < 4.78 is 2.06. The zero-order valence-corrected chi connectivity index (χ0v) is 10.4. The first-order valence-electron chi connectivity index (χ1n) is 5.42. The molecule has 0 radical (unpaired) electrons. The lowest BCUT2D eigenvalue weighted by Gasteiger charge is -2.10. The van der Waals surface area contributed by atoms with Gasteiger partial charge in [-0.25, -0.2) is 4.98 Å². The van der Waals surface area contributed by atoms with Gasteiger partial charge in [-0.15, -0.1) is 0 Å². The van der Waals surface area contributed by atoms with E-state index in [-0.39, 0.29) is 0 Å². The van der Waals surface area contributed by atoms with Crippen LogP contribution in [0.5, 0.6) is 0 Å². The molecule has 0 amide bonds. The summed E-state index contributed by atoms with van der Waals surface area (Å²) in [4.78, 5) is 4.31. The van der Waals surface area contributed by atoms with Crippen LogP contribution in [0.3, 0.4) is 0 Å². The van der Waals surface area contributed by atoms with Crippen molar-refractivity contribution < 1.29 is 0 Å². The maximum absolute atomic E-state index is 4.31. The van der Waals surface area contributed by atoms with Crippen molar-refractivity contribution in [1.82, 2.24) is 9.55 Å². The van der Waals surface area contributed by atoms with Crippen LogP contribution in [0.15, 0.2) is 47.9 Å². The summed E-state index contributed by atoms with van der Waals surface area (Å²) in [6.45, 7) is 2.26. The molecule has 1 aromatic carbocycles. The quantitative estimate of drug-likeness (QED) is 0.753. The highest BCUT2D eigenvalue weighted by atomic mass is 32.2. The van der Waals surface area contributed by atoms with Gasteiger partial charge in [0.05, 0.1) is 0 Å². The number of nitrogens with zero attached hydrogens (tertiary/aromatic N) is 2. The Morgan fingerprint density at radius 1 is 1.31 bits per heavy atom. The first kappa shape index (κ1) is 11.3. The van der Waals surface area contributed by atoms with Crippen LogP contribution in [0.4, 0.5) is 0 Å². The second-order valence-electron chi connectivity index (χ2n) is 3.94. The zero-order chi connectivity index (χ0) is 11.4. The Morgan fingerprint density at radius 3 is 2.69 bits per heavy atom. The number of imidazole rings is 1. The Labute approximate surface area is 101 Å². The highest BCUT2D eigenvalue weighted by molar-refractivity contribution is 7.99. The molecule has 0 aliphatic heterocycles. The first-order chi connectivity index (χ1) is 7.77. The van der Waals surface area contributed by atoms with Gasteiger partial charge in [-0.1, -0.05) is 49.0 Å². The summed E-state index contributed by atoms with van der Waals surface area (Å²) >= 11 is 1.81. The molecule has 0 saturated heterocycles. The number of hydrogen-bond acceptors (Lipinski definition) is 2. The van der Waals surface area contributed by atoms with E-state index in [1.54, 1.807) is 0 Å². The molecular formula is C13H16N2S. The maximum atomic E-state index is 4.31. The van der Waals surface area contributed by atoms with Gasteiger partial charge in [0.15, 0.2) is 5.16 Å². The van der Waals surface area contributed by atoms with Crippen molar-refractivity contribution in [1.29, 1.82) is 0 Å². The van der Waals surface area contributed by atoms with Gasteiger partial charge in [0.1, 0.15) is 0 Å². The molecular weight excluding hydrogens is 216 g/mol. The SMILES string of the molecule is C[C@H](CSc1nccn1C)c1ccccc1. The van der Waals surface area contributed by atoms with Crippen molar-refractivity contribution in [2.45, 2.75) is 18.0 Å². The van der Waals surface area contributed by atoms with Crippen LogP contribution in [-0.4, -0.2) is 15.3 Å². The van der Waals surface area contributed by atoms with Crippen molar-refractivity contribution in [3.63, 3.8) is 0 Å². The lowest BCUT2D eigenvalue weighted by atomic mass is 10.0. The number of aryl methyl sites for hydroxylation is 1. The molecule has 1 heterocycles. The molecule has 0 aliphatic carbocycles. The summed E-state index contributed by atoms with van der Waals surface area (Å²) in [6, 6.07) is 10.6. The predicted molar refractivity (Wildman–Crippen MR) is 68.8 cm³/mol. The van der Waals surface area contributed by atoms with E-state index in [9.17, 15) is 0 Å². The van der Waals surface area contributed by atoms with Crippen LogP contribution in [-0.2, 0) is 7.05 Å². The fraction of sp³-hybridized carbons (Fsp3) is 0.308. The van der Waals surface area contributed by atoms with Gasteiger partial charge >= 0.3 is 0 Å². The van der Waals surface area contributed by atoms with Crippen LogP contribution in [0, 0.1) is 0 Å². The Bertz CT molecular complexity index is 436. The molecule has 0 unspecified atom stereocenters. The minimum Gasteiger partial charge on any atom is -0.329 e. The topological polar surface area (TPSA) is 17.8 Å². The molecule has 1 atom stereocenters. The van der Waals surface area contributed by atoms with E-state index in [2.05, 4.69) is 46.8 Å². The molecule has 3 heteroatoms. The minimum atomic E-state index is 0.558. The molecule has 2 nitrogen and oxygen atoms in total. The molecule has 0 N–H and O–H groups in total. The van der Waals surface area contributed by atoms with Crippen molar-refractivity contribution >= 4 is 11.8 Å². The van der Waals surface area contributed by atoms with E-state index in [1.807, 2.05) is 31.2 Å². The lowest BCUT2D eigenvalue weighted by Crippen LogP contribution is -1.98. The highest BCUT2D eigenvalue weighted by Gasteiger charge is 2.07. The molecule has 0 bridgehead atoms. The van der Waals surface area contributed by atoms with Gasteiger partial charge in [-0.3, -0.25) is 0 Å². The van der Waals surface area contributed by atoms with E-state index in [1.165, 1.54) is 5.56 Å². The normalized spacial score (nSPS) is 12.6. The number of thioether (sulfide) groups is 1. The van der Waals surface area contributed by atoms with Gasteiger partial charge in [0.2, 0.25) is 0 Å². The molecule has 84 valence electrons. The summed E-state index contributed by atoms with van der Waals surface area (Å²) in [7, 11) is 2.03. The lowest BCUT2D eigenvalue weighted by molar-refractivity contribution is 0.784. The smallest absolute Gasteiger partial charge is 0.167 e. The van der Waals surface area contributed by atoms with E-state index in [4.69, 9.17) is 0 Å². The molecule has 0 spiro atoms. The minimum absolute atomic E-state index is 0.558. The Balaban J connectivity index is 1.94. The predicted octanol–water partition coefficient (Wildman–Crippen LogP) is 3.32. The van der Waals surface area contributed by atoms with Crippen LogP contribution < -0.4 is 0 Å². The third kappa shape index (κ3) is 2.67. The Hall–Kier alpha value is -1.22. The van der Waals surface area contributed by atoms with E-state index < -0.39 is 0 Å². The van der Waals surface area contributed by atoms with E-state index in [0.717, 1.165) is 10.9 Å². The fourth-order valence-electron chi connectivity index (χ4n) is 1.57. The van der Waals surface area contributed by atoms with Crippen LogP contribution in [0.25, 0.3) is 0 Å². The van der Waals surface area contributed by atoms with Crippen molar-refractivity contribution in [2.24, 2.45) is 7.05 Å². The average Bonchev–Trinajstić information content (AvgIpc) is 2.73. The Kier molecular flexibility index (Phi) is 3.67. The third-order valence-electron chi connectivity index (χ3n) is 2.61. The molecule has 0 aliphatic rings. The first-order valence-corrected chi connectivity index (χ1v) is 6.41. The molecule has 2 aromatic rings. The number of benzene rings is 1. The Morgan fingerprint density at radius 2 is 2.06 bits per heavy atom. The molecule has 0 fully saturated rings. The summed E-state index contributed by atoms with van der Waals surface area (Å²) in [5.74, 6) is 1.62. The summed E-state index contributed by atoms with van der Waals surface area (Å²) in [6.07, 6.45) is 3.82. The van der Waals surface area contributed by atoms with Gasteiger partial charge < -0.3 is 4.57 Å². The zero-order valence-electron chi connectivity index (χ0n) is 9.63. The van der Waals surface area contributed by atoms with Crippen molar-refractivity contribution in [2.75, 3.05) is 5.75 Å². The molecule has 1 aromatic heterocycles. The standard InChI is InChI=1S/C13H16N2S/c1-11(12-6-4-3-5-7-12)10-16-13-14-8-9-15(13)2/h3-9,11H,10H2,1-2H3/t11-/m1/s1. The average molecular weight is 232 g/mol. The fourth-order valence-corrected chi connectivity index (χ4v) is 2.56. The second kappa shape index (κ2) is 5.21. The monoisotopic (exact) mass is 232 g/mol. The molecule has 0 saturated carbocycles. The highest BCUT2D eigenvalue weighted by Crippen LogP contribution is 2.24. The van der Waals surface area contributed by atoms with Crippen molar-refractivity contribution in [3.05, 3.63) is 48.3 Å². The van der Waals surface area contributed by atoms with Crippen LogP contribution in [0.1, 0.15) is 18.4 Å². The maximum Gasteiger partial charge on any atom is 0.167 e.